The van der Waals surface area contributed by atoms with Crippen LogP contribution in [0.3, 0.4) is 0 Å². The fourth-order valence-corrected chi connectivity index (χ4v) is 8.81. The van der Waals surface area contributed by atoms with E-state index in [2.05, 4.69) is 53.0 Å². The van der Waals surface area contributed by atoms with Crippen molar-refractivity contribution in [1.29, 1.82) is 0 Å². The van der Waals surface area contributed by atoms with E-state index >= 15 is 0 Å². The van der Waals surface area contributed by atoms with E-state index in [9.17, 15) is 15.0 Å². The minimum atomic E-state index is -1.70. The van der Waals surface area contributed by atoms with E-state index in [1.165, 1.54) is 5.57 Å². The standard InChI is InChI=1S/C34H50O7S/c1-19(2)29-20(3)13-14-33(41-29)17-26-16-25(40-33)12-11-22(5)30(42-7)21(4)9-8-10-24-18-38-31-28(35)23(6)15-27(32(36)39-26)34(24,31)37/h8-11,15,19-21,25-31,35,37H,12-14,16-18H2,1-7H3/b9-8+,22-11+,24-10+. The zero-order valence-electron chi connectivity index (χ0n) is 26.2. The highest BCUT2D eigenvalue weighted by atomic mass is 32.2. The fraction of sp³-hybridized carbons (Fsp3) is 0.735. The number of hydrogen-bond acceptors (Lipinski definition) is 8. The van der Waals surface area contributed by atoms with E-state index < -0.39 is 41.6 Å². The van der Waals surface area contributed by atoms with Crippen LogP contribution in [0.15, 0.2) is 47.1 Å². The molecule has 8 heteroatoms. The third-order valence-corrected chi connectivity index (χ3v) is 11.5. The molecule has 3 saturated heterocycles. The maximum absolute atomic E-state index is 14.0. The van der Waals surface area contributed by atoms with Crippen LogP contribution in [-0.4, -0.2) is 76.2 Å². The minimum absolute atomic E-state index is 0.0627. The first-order valence-electron chi connectivity index (χ1n) is 15.7. The Morgan fingerprint density at radius 3 is 2.60 bits per heavy atom. The van der Waals surface area contributed by atoms with Gasteiger partial charge in [-0.25, -0.2) is 0 Å². The highest BCUT2D eigenvalue weighted by Gasteiger charge is 2.60. The molecule has 11 unspecified atom stereocenters. The molecule has 3 fully saturated rings. The summed E-state index contributed by atoms with van der Waals surface area (Å²) in [5.41, 5.74) is 0.761. The molecule has 4 aliphatic heterocycles. The molecule has 2 N–H and O–H groups in total. The number of esters is 1. The Morgan fingerprint density at radius 2 is 1.88 bits per heavy atom. The average molecular weight is 603 g/mol. The van der Waals surface area contributed by atoms with Crippen LogP contribution >= 0.6 is 11.8 Å². The smallest absolute Gasteiger partial charge is 0.316 e. The van der Waals surface area contributed by atoms with Crippen molar-refractivity contribution in [2.24, 2.45) is 23.7 Å². The van der Waals surface area contributed by atoms with Crippen molar-refractivity contribution in [3.8, 4) is 0 Å². The lowest BCUT2D eigenvalue weighted by atomic mass is 9.71. The molecule has 0 saturated carbocycles. The SMILES string of the molecule is CSC1/C(C)=C/CC2CC(CC3(CCC(C)C(C(C)C)O3)O2)OC(=O)C2C=C(C)C(O)C3OC/C(=C\C=C\C1C)C23O. The Bertz CT molecular complexity index is 1140. The van der Waals surface area contributed by atoms with Crippen LogP contribution in [0.5, 0.6) is 0 Å². The third-order valence-electron chi connectivity index (χ3n) is 10.2. The number of rotatable bonds is 2. The van der Waals surface area contributed by atoms with E-state index in [0.717, 1.165) is 12.8 Å². The number of aliphatic hydroxyl groups excluding tert-OH is 1. The van der Waals surface area contributed by atoms with E-state index in [-0.39, 0.29) is 30.0 Å². The monoisotopic (exact) mass is 602 g/mol. The zero-order chi connectivity index (χ0) is 30.4. The summed E-state index contributed by atoms with van der Waals surface area (Å²) in [7, 11) is 0. The number of ether oxygens (including phenoxy) is 4. The Balaban J connectivity index is 1.55. The van der Waals surface area contributed by atoms with Crippen LogP contribution in [-0.2, 0) is 23.7 Å². The Labute approximate surface area is 255 Å². The van der Waals surface area contributed by atoms with Crippen molar-refractivity contribution in [2.45, 2.75) is 121 Å². The molecule has 1 aliphatic carbocycles. The van der Waals surface area contributed by atoms with Gasteiger partial charge in [-0.2, -0.15) is 11.8 Å². The number of allylic oxidation sites excluding steroid dienone is 3. The van der Waals surface area contributed by atoms with E-state index in [1.807, 2.05) is 23.9 Å². The van der Waals surface area contributed by atoms with Gasteiger partial charge in [0, 0.05) is 24.5 Å². The summed E-state index contributed by atoms with van der Waals surface area (Å²) in [6, 6.07) is 0. The van der Waals surface area contributed by atoms with Gasteiger partial charge in [0.25, 0.3) is 0 Å². The average Bonchev–Trinajstić information content (AvgIpc) is 3.27. The van der Waals surface area contributed by atoms with Gasteiger partial charge in [-0.15, -0.1) is 0 Å². The van der Waals surface area contributed by atoms with Crippen LogP contribution < -0.4 is 0 Å². The number of thioether (sulfide) groups is 1. The summed E-state index contributed by atoms with van der Waals surface area (Å²) in [5.74, 6) is -1.32. The zero-order valence-corrected chi connectivity index (χ0v) is 27.1. The Kier molecular flexibility index (Phi) is 9.54. The fourth-order valence-electron chi connectivity index (χ4n) is 7.83. The van der Waals surface area contributed by atoms with Gasteiger partial charge in [0.1, 0.15) is 29.8 Å². The molecule has 11 atom stereocenters. The number of fused-ring (bicyclic) bond motifs is 2. The lowest BCUT2D eigenvalue weighted by Gasteiger charge is -2.50. The lowest BCUT2D eigenvalue weighted by Crippen LogP contribution is -2.58. The van der Waals surface area contributed by atoms with Gasteiger partial charge in [-0.1, -0.05) is 63.6 Å². The van der Waals surface area contributed by atoms with Gasteiger partial charge in [0.2, 0.25) is 0 Å². The molecule has 42 heavy (non-hydrogen) atoms. The molecule has 7 nitrogen and oxygen atoms in total. The molecule has 0 aromatic heterocycles. The summed E-state index contributed by atoms with van der Waals surface area (Å²) >= 11 is 1.82. The predicted octanol–water partition coefficient (Wildman–Crippen LogP) is 5.51. The van der Waals surface area contributed by atoms with Crippen LogP contribution in [0, 0.1) is 23.7 Å². The second-order valence-electron chi connectivity index (χ2n) is 13.7. The molecule has 5 aliphatic rings. The minimum Gasteiger partial charge on any atom is -0.462 e. The van der Waals surface area contributed by atoms with Crippen LogP contribution in [0.2, 0.25) is 0 Å². The summed E-state index contributed by atoms with van der Waals surface area (Å²) in [4.78, 5) is 14.0. The molecule has 1 spiro atoms. The topological polar surface area (TPSA) is 94.5 Å². The van der Waals surface area contributed by atoms with Crippen LogP contribution in [0.25, 0.3) is 0 Å². The molecular formula is C34H50O7S. The van der Waals surface area contributed by atoms with Crippen LogP contribution in [0.4, 0.5) is 0 Å². The molecule has 0 aromatic rings. The third kappa shape index (κ3) is 5.96. The van der Waals surface area contributed by atoms with Crippen molar-refractivity contribution in [1.82, 2.24) is 0 Å². The van der Waals surface area contributed by atoms with Crippen LogP contribution in [0.1, 0.15) is 73.6 Å². The molecule has 0 amide bonds. The van der Waals surface area contributed by atoms with Gasteiger partial charge in [-0.3, -0.25) is 4.79 Å². The van der Waals surface area contributed by atoms with Gasteiger partial charge in [0.05, 0.1) is 18.8 Å². The van der Waals surface area contributed by atoms with Gasteiger partial charge < -0.3 is 29.2 Å². The first-order chi connectivity index (χ1) is 19.9. The number of carbonyl (C=O) groups excluding carboxylic acids is 1. The molecule has 5 rings (SSSR count). The number of hydrogen-bond donors (Lipinski definition) is 2. The van der Waals surface area contributed by atoms with E-state index in [1.54, 1.807) is 13.0 Å². The highest BCUT2D eigenvalue weighted by Crippen LogP contribution is 2.47. The summed E-state index contributed by atoms with van der Waals surface area (Å²) < 4.78 is 25.8. The second-order valence-corrected chi connectivity index (χ2v) is 14.6. The van der Waals surface area contributed by atoms with Gasteiger partial charge in [-0.05, 0) is 61.8 Å². The van der Waals surface area contributed by atoms with E-state index in [0.29, 0.717) is 42.2 Å². The quantitative estimate of drug-likeness (QED) is 0.316. The van der Waals surface area contributed by atoms with Crippen molar-refractivity contribution >= 4 is 17.7 Å². The second kappa shape index (κ2) is 12.5. The molecular weight excluding hydrogens is 552 g/mol. The maximum atomic E-state index is 14.0. The first-order valence-corrected chi connectivity index (χ1v) is 17.0. The Morgan fingerprint density at radius 1 is 1.12 bits per heavy atom. The normalized spacial score (nSPS) is 48.0. The Hall–Kier alpha value is -1.42. The molecule has 0 aromatic carbocycles. The first kappa shape index (κ1) is 32.0. The van der Waals surface area contributed by atoms with Crippen molar-refractivity contribution in [3.63, 3.8) is 0 Å². The molecule has 2 bridgehead atoms. The highest BCUT2D eigenvalue weighted by molar-refractivity contribution is 7.99. The van der Waals surface area contributed by atoms with E-state index in [4.69, 9.17) is 18.9 Å². The number of aliphatic hydroxyl groups is 2. The van der Waals surface area contributed by atoms with Gasteiger partial charge >= 0.3 is 5.97 Å². The summed E-state index contributed by atoms with van der Waals surface area (Å²) in [5, 5.41) is 23.4. The predicted molar refractivity (Wildman–Crippen MR) is 165 cm³/mol. The summed E-state index contributed by atoms with van der Waals surface area (Å²) in [6.45, 7) is 12.9. The van der Waals surface area contributed by atoms with Gasteiger partial charge in [0.15, 0.2) is 5.79 Å². The maximum Gasteiger partial charge on any atom is 0.316 e. The summed E-state index contributed by atoms with van der Waals surface area (Å²) in [6.07, 6.45) is 13.0. The van der Waals surface area contributed by atoms with Crippen molar-refractivity contribution in [3.05, 3.63) is 47.1 Å². The largest absolute Gasteiger partial charge is 0.462 e. The van der Waals surface area contributed by atoms with Crippen molar-refractivity contribution in [2.75, 3.05) is 12.9 Å². The molecule has 234 valence electrons. The molecule has 0 radical (unpaired) electrons. The van der Waals surface area contributed by atoms with Crippen molar-refractivity contribution < 1.29 is 34.0 Å². The molecule has 4 heterocycles. The number of carbonyl (C=O) groups is 1. The lowest BCUT2D eigenvalue weighted by molar-refractivity contribution is -0.340.